The van der Waals surface area contributed by atoms with Gasteiger partial charge in [0.15, 0.2) is 9.84 Å². The Balaban J connectivity index is 2.65. The van der Waals surface area contributed by atoms with Crippen LogP contribution in [0.4, 0.5) is 0 Å². The molecule has 2 aromatic carbocycles. The second kappa shape index (κ2) is 5.74. The van der Waals surface area contributed by atoms with Crippen molar-refractivity contribution in [3.63, 3.8) is 0 Å². The Morgan fingerprint density at radius 3 is 2.00 bits per heavy atom. The van der Waals surface area contributed by atoms with Crippen LogP contribution in [-0.4, -0.2) is 14.7 Å². The molecule has 0 aliphatic heterocycles. The number of rotatable bonds is 2. The highest BCUT2D eigenvalue weighted by atomic mass is 35.5. The minimum absolute atomic E-state index is 0.00650. The summed E-state index contributed by atoms with van der Waals surface area (Å²) in [6.07, 6.45) is 1.07. The van der Waals surface area contributed by atoms with E-state index in [9.17, 15) is 8.42 Å². The first kappa shape index (κ1) is 15.9. The van der Waals surface area contributed by atoms with Gasteiger partial charge in [-0.25, -0.2) is 8.42 Å². The first-order chi connectivity index (χ1) is 9.20. The van der Waals surface area contributed by atoms with Gasteiger partial charge in [0.2, 0.25) is 0 Å². The largest absolute Gasteiger partial charge is 0.224 e. The van der Waals surface area contributed by atoms with Crippen molar-refractivity contribution in [2.24, 2.45) is 0 Å². The quantitative estimate of drug-likeness (QED) is 0.712. The summed E-state index contributed by atoms with van der Waals surface area (Å²) in [6, 6.07) is 7.83. The third-order valence-corrected chi connectivity index (χ3v) is 5.26. The zero-order valence-electron chi connectivity index (χ0n) is 10.1. The molecule has 0 heterocycles. The van der Waals surface area contributed by atoms with E-state index in [0.717, 1.165) is 6.26 Å². The van der Waals surface area contributed by atoms with E-state index in [1.165, 1.54) is 12.1 Å². The highest BCUT2D eigenvalue weighted by molar-refractivity contribution is 7.90. The fourth-order valence-electron chi connectivity index (χ4n) is 1.70. The molecule has 0 unspecified atom stereocenters. The highest BCUT2D eigenvalue weighted by Crippen LogP contribution is 2.37. The molecule has 0 saturated carbocycles. The molecule has 0 bridgehead atoms. The topological polar surface area (TPSA) is 34.1 Å². The van der Waals surface area contributed by atoms with Crippen LogP contribution in [-0.2, 0) is 9.84 Å². The standard InChI is InChI=1S/C13H8Cl4O2S/c1-20(18,19)13-6-10(15)8(5-12(13)17)7-2-3-9(14)11(16)4-7/h2-6H,1H3. The fourth-order valence-corrected chi connectivity index (χ4v) is 3.66. The normalized spacial score (nSPS) is 11.7. The lowest BCUT2D eigenvalue weighted by atomic mass is 10.1. The summed E-state index contributed by atoms with van der Waals surface area (Å²) in [5.41, 5.74) is 1.29. The Labute approximate surface area is 137 Å². The van der Waals surface area contributed by atoms with E-state index in [2.05, 4.69) is 0 Å². The van der Waals surface area contributed by atoms with Crippen LogP contribution in [0.5, 0.6) is 0 Å². The van der Waals surface area contributed by atoms with E-state index >= 15 is 0 Å². The Bertz CT molecular complexity index is 785. The van der Waals surface area contributed by atoms with Gasteiger partial charge in [0.05, 0.1) is 20.0 Å². The van der Waals surface area contributed by atoms with Gasteiger partial charge in [0.1, 0.15) is 0 Å². The van der Waals surface area contributed by atoms with Crippen LogP contribution in [0.1, 0.15) is 0 Å². The van der Waals surface area contributed by atoms with Crippen LogP contribution >= 0.6 is 46.4 Å². The average molecular weight is 370 g/mol. The second-order valence-electron chi connectivity index (χ2n) is 4.16. The SMILES string of the molecule is CS(=O)(=O)c1cc(Cl)c(-c2ccc(Cl)c(Cl)c2)cc1Cl. The van der Waals surface area contributed by atoms with E-state index in [1.54, 1.807) is 18.2 Å². The molecule has 0 spiro atoms. The van der Waals surface area contributed by atoms with Crippen LogP contribution < -0.4 is 0 Å². The molecule has 0 aliphatic rings. The highest BCUT2D eigenvalue weighted by Gasteiger charge is 2.16. The molecule has 2 nitrogen and oxygen atoms in total. The van der Waals surface area contributed by atoms with Gasteiger partial charge >= 0.3 is 0 Å². The van der Waals surface area contributed by atoms with Crippen LogP contribution in [0, 0.1) is 0 Å². The maximum Gasteiger partial charge on any atom is 0.177 e. The van der Waals surface area contributed by atoms with Crippen molar-refractivity contribution in [2.75, 3.05) is 6.26 Å². The molecule has 0 radical (unpaired) electrons. The molecule has 2 aromatic rings. The van der Waals surface area contributed by atoms with Crippen molar-refractivity contribution >= 4 is 56.2 Å². The van der Waals surface area contributed by atoms with Gasteiger partial charge in [0.25, 0.3) is 0 Å². The molecule has 0 saturated heterocycles. The zero-order valence-corrected chi connectivity index (χ0v) is 14.0. The number of hydrogen-bond acceptors (Lipinski definition) is 2. The smallest absolute Gasteiger partial charge is 0.177 e. The van der Waals surface area contributed by atoms with E-state index in [4.69, 9.17) is 46.4 Å². The molecule has 0 aliphatic carbocycles. The van der Waals surface area contributed by atoms with Gasteiger partial charge in [-0.2, -0.15) is 0 Å². The second-order valence-corrected chi connectivity index (χ2v) is 7.78. The average Bonchev–Trinajstić information content (AvgIpc) is 2.34. The van der Waals surface area contributed by atoms with Crippen molar-refractivity contribution in [1.29, 1.82) is 0 Å². The van der Waals surface area contributed by atoms with Crippen LogP contribution in [0.3, 0.4) is 0 Å². The summed E-state index contributed by atoms with van der Waals surface area (Å²) in [5.74, 6) is 0. The molecule has 106 valence electrons. The summed E-state index contributed by atoms with van der Waals surface area (Å²) in [5, 5.41) is 1.18. The molecule has 0 fully saturated rings. The fraction of sp³-hybridized carbons (Fsp3) is 0.0769. The molecule has 2 rings (SSSR count). The summed E-state index contributed by atoms with van der Waals surface area (Å²) in [7, 11) is -3.43. The number of benzene rings is 2. The first-order valence-corrected chi connectivity index (χ1v) is 8.75. The predicted octanol–water partition coefficient (Wildman–Crippen LogP) is 5.37. The van der Waals surface area contributed by atoms with E-state index < -0.39 is 9.84 Å². The Morgan fingerprint density at radius 2 is 1.45 bits per heavy atom. The van der Waals surface area contributed by atoms with Crippen molar-refractivity contribution in [3.8, 4) is 11.1 Å². The lowest BCUT2D eigenvalue weighted by Gasteiger charge is -2.10. The predicted molar refractivity (Wildman–Crippen MR) is 85.0 cm³/mol. The maximum atomic E-state index is 11.6. The molecule has 20 heavy (non-hydrogen) atoms. The zero-order chi connectivity index (χ0) is 15.1. The Kier molecular flexibility index (Phi) is 4.57. The van der Waals surface area contributed by atoms with E-state index in [-0.39, 0.29) is 14.9 Å². The number of hydrogen-bond donors (Lipinski definition) is 0. The van der Waals surface area contributed by atoms with Gasteiger partial charge in [-0.05, 0) is 29.8 Å². The lowest BCUT2D eigenvalue weighted by molar-refractivity contribution is 0.602. The van der Waals surface area contributed by atoms with E-state index in [0.29, 0.717) is 21.2 Å². The Morgan fingerprint density at radius 1 is 0.800 bits per heavy atom. The third kappa shape index (κ3) is 3.23. The Hall–Kier alpha value is -0.450. The molecular weight excluding hydrogens is 362 g/mol. The monoisotopic (exact) mass is 368 g/mol. The summed E-state index contributed by atoms with van der Waals surface area (Å²) in [4.78, 5) is -0.00650. The van der Waals surface area contributed by atoms with E-state index in [1.807, 2.05) is 0 Å². The van der Waals surface area contributed by atoms with Crippen molar-refractivity contribution in [1.82, 2.24) is 0 Å². The van der Waals surface area contributed by atoms with Crippen molar-refractivity contribution < 1.29 is 8.42 Å². The van der Waals surface area contributed by atoms with Gasteiger partial charge < -0.3 is 0 Å². The van der Waals surface area contributed by atoms with Crippen molar-refractivity contribution in [2.45, 2.75) is 4.90 Å². The maximum absolute atomic E-state index is 11.6. The van der Waals surface area contributed by atoms with Gasteiger partial charge in [-0.1, -0.05) is 52.5 Å². The van der Waals surface area contributed by atoms with Gasteiger partial charge in [-0.15, -0.1) is 0 Å². The van der Waals surface area contributed by atoms with Crippen LogP contribution in [0.25, 0.3) is 11.1 Å². The molecule has 0 amide bonds. The van der Waals surface area contributed by atoms with Gasteiger partial charge in [0, 0.05) is 16.8 Å². The van der Waals surface area contributed by atoms with Crippen LogP contribution in [0.15, 0.2) is 35.2 Å². The number of sulfone groups is 1. The summed E-state index contributed by atoms with van der Waals surface area (Å²) >= 11 is 24.0. The minimum Gasteiger partial charge on any atom is -0.224 e. The molecule has 0 aromatic heterocycles. The molecule has 0 N–H and O–H groups in total. The van der Waals surface area contributed by atoms with Crippen molar-refractivity contribution in [3.05, 3.63) is 50.4 Å². The number of halogens is 4. The summed E-state index contributed by atoms with van der Waals surface area (Å²) < 4.78 is 23.1. The minimum atomic E-state index is -3.43. The molecule has 7 heteroatoms. The lowest BCUT2D eigenvalue weighted by Crippen LogP contribution is -1.98. The molecular formula is C13H8Cl4O2S. The van der Waals surface area contributed by atoms with Crippen LogP contribution in [0.2, 0.25) is 20.1 Å². The summed E-state index contributed by atoms with van der Waals surface area (Å²) in [6.45, 7) is 0. The first-order valence-electron chi connectivity index (χ1n) is 5.34. The third-order valence-electron chi connectivity index (χ3n) is 2.65. The van der Waals surface area contributed by atoms with Gasteiger partial charge in [-0.3, -0.25) is 0 Å². The molecule has 0 atom stereocenters.